The second-order valence-corrected chi connectivity index (χ2v) is 3.89. The van der Waals surface area contributed by atoms with Crippen molar-refractivity contribution in [1.29, 1.82) is 0 Å². The van der Waals surface area contributed by atoms with Gasteiger partial charge in [0.05, 0.1) is 5.92 Å². The van der Waals surface area contributed by atoms with Gasteiger partial charge in [-0.05, 0) is 23.8 Å². The van der Waals surface area contributed by atoms with Crippen molar-refractivity contribution in [3.63, 3.8) is 0 Å². The molecule has 82 valence electrons. The Bertz CT molecular complexity index is 459. The molecule has 0 spiro atoms. The summed E-state index contributed by atoms with van der Waals surface area (Å²) in [6, 6.07) is 9.41. The Balaban J connectivity index is 2.37. The fourth-order valence-electron chi connectivity index (χ4n) is 1.60. The second-order valence-electron chi connectivity index (χ2n) is 3.45. The summed E-state index contributed by atoms with van der Waals surface area (Å²) in [6.07, 6.45) is 3.44. The summed E-state index contributed by atoms with van der Waals surface area (Å²) in [6.45, 7) is 0.463. The largest absolute Gasteiger partial charge is 0.329 e. The van der Waals surface area contributed by atoms with Crippen molar-refractivity contribution in [2.24, 2.45) is 5.73 Å². The predicted octanol–water partition coefficient (Wildman–Crippen LogP) is 2.22. The van der Waals surface area contributed by atoms with Gasteiger partial charge >= 0.3 is 0 Å². The molecule has 3 nitrogen and oxygen atoms in total. The van der Waals surface area contributed by atoms with E-state index < -0.39 is 0 Å². The fourth-order valence-corrected chi connectivity index (χ4v) is 1.80. The third kappa shape index (κ3) is 2.38. The van der Waals surface area contributed by atoms with Crippen LogP contribution in [0.1, 0.15) is 17.3 Å². The topological polar surface area (TPSA) is 51.8 Å². The first-order chi connectivity index (χ1) is 7.81. The van der Waals surface area contributed by atoms with E-state index >= 15 is 0 Å². The molecule has 0 radical (unpaired) electrons. The minimum absolute atomic E-state index is 0.0000926. The summed E-state index contributed by atoms with van der Waals surface area (Å²) in [5, 5.41) is 0.701. The molecule has 1 heterocycles. The molecule has 0 fully saturated rings. The van der Waals surface area contributed by atoms with E-state index in [1.54, 1.807) is 18.5 Å². The molecule has 2 N–H and O–H groups in total. The van der Waals surface area contributed by atoms with Gasteiger partial charge in [0.1, 0.15) is 5.82 Å². The Labute approximate surface area is 99.3 Å². The van der Waals surface area contributed by atoms with Crippen LogP contribution in [0, 0.1) is 0 Å². The number of benzene rings is 1. The summed E-state index contributed by atoms with van der Waals surface area (Å²) in [7, 11) is 0. The summed E-state index contributed by atoms with van der Waals surface area (Å²) < 4.78 is 0. The van der Waals surface area contributed by atoms with Gasteiger partial charge in [0.25, 0.3) is 0 Å². The van der Waals surface area contributed by atoms with Crippen LogP contribution in [0.15, 0.2) is 42.7 Å². The molecule has 0 amide bonds. The van der Waals surface area contributed by atoms with Crippen LogP contribution in [0.5, 0.6) is 0 Å². The quantitative estimate of drug-likeness (QED) is 0.885. The summed E-state index contributed by atoms with van der Waals surface area (Å²) in [4.78, 5) is 8.44. The number of nitrogens with zero attached hydrogens (tertiary/aromatic N) is 2. The van der Waals surface area contributed by atoms with E-state index in [1.807, 2.05) is 24.3 Å². The lowest BCUT2D eigenvalue weighted by atomic mass is 9.98. The Morgan fingerprint density at radius 1 is 1.19 bits per heavy atom. The Kier molecular flexibility index (Phi) is 3.49. The van der Waals surface area contributed by atoms with Gasteiger partial charge in [-0.25, -0.2) is 9.97 Å². The number of hydrogen-bond donors (Lipinski definition) is 1. The monoisotopic (exact) mass is 233 g/mol. The number of aromatic nitrogens is 2. The average molecular weight is 234 g/mol. The maximum atomic E-state index is 5.95. The molecule has 1 aromatic carbocycles. The standard InChI is InChI=1S/C12H12ClN3/c13-10-4-1-3-9(7-10)11(8-14)12-15-5-2-6-16-12/h1-7,11H,8,14H2. The lowest BCUT2D eigenvalue weighted by Gasteiger charge is -2.13. The molecule has 0 aliphatic carbocycles. The molecule has 0 aliphatic rings. The molecule has 0 saturated heterocycles. The van der Waals surface area contributed by atoms with Gasteiger partial charge in [0.15, 0.2) is 0 Å². The first kappa shape index (κ1) is 11.0. The minimum Gasteiger partial charge on any atom is -0.329 e. The van der Waals surface area contributed by atoms with E-state index in [1.165, 1.54) is 0 Å². The van der Waals surface area contributed by atoms with Crippen molar-refractivity contribution in [2.75, 3.05) is 6.54 Å². The van der Waals surface area contributed by atoms with Crippen LogP contribution in [-0.2, 0) is 0 Å². The van der Waals surface area contributed by atoms with Gasteiger partial charge in [0, 0.05) is 24.0 Å². The molecule has 1 aromatic heterocycles. The van der Waals surface area contributed by atoms with Gasteiger partial charge in [-0.3, -0.25) is 0 Å². The average Bonchev–Trinajstić information content (AvgIpc) is 2.31. The van der Waals surface area contributed by atoms with Gasteiger partial charge in [0.2, 0.25) is 0 Å². The van der Waals surface area contributed by atoms with Crippen LogP contribution < -0.4 is 5.73 Å². The molecule has 1 atom stereocenters. The Morgan fingerprint density at radius 3 is 2.56 bits per heavy atom. The van der Waals surface area contributed by atoms with Crippen LogP contribution >= 0.6 is 11.6 Å². The highest BCUT2D eigenvalue weighted by Crippen LogP contribution is 2.22. The molecular weight excluding hydrogens is 222 g/mol. The molecule has 2 aromatic rings. The first-order valence-electron chi connectivity index (χ1n) is 5.03. The fraction of sp³-hybridized carbons (Fsp3) is 0.167. The van der Waals surface area contributed by atoms with Crippen molar-refractivity contribution in [2.45, 2.75) is 5.92 Å². The highest BCUT2D eigenvalue weighted by Gasteiger charge is 2.14. The zero-order valence-electron chi connectivity index (χ0n) is 8.68. The SMILES string of the molecule is NCC(c1cccc(Cl)c1)c1ncccn1. The van der Waals surface area contributed by atoms with E-state index in [0.29, 0.717) is 11.6 Å². The van der Waals surface area contributed by atoms with Crippen LogP contribution in [0.4, 0.5) is 0 Å². The molecule has 2 rings (SSSR count). The maximum Gasteiger partial charge on any atom is 0.136 e. The van der Waals surface area contributed by atoms with Crippen molar-refractivity contribution in [3.05, 3.63) is 59.1 Å². The smallest absolute Gasteiger partial charge is 0.136 e. The maximum absolute atomic E-state index is 5.95. The zero-order chi connectivity index (χ0) is 11.4. The third-order valence-electron chi connectivity index (χ3n) is 2.38. The van der Waals surface area contributed by atoms with Gasteiger partial charge < -0.3 is 5.73 Å². The highest BCUT2D eigenvalue weighted by atomic mass is 35.5. The van der Waals surface area contributed by atoms with E-state index in [-0.39, 0.29) is 5.92 Å². The third-order valence-corrected chi connectivity index (χ3v) is 2.62. The van der Waals surface area contributed by atoms with Crippen molar-refractivity contribution >= 4 is 11.6 Å². The molecule has 0 bridgehead atoms. The van der Waals surface area contributed by atoms with E-state index in [2.05, 4.69) is 9.97 Å². The lowest BCUT2D eigenvalue weighted by Crippen LogP contribution is -2.16. The number of hydrogen-bond acceptors (Lipinski definition) is 3. The highest BCUT2D eigenvalue weighted by molar-refractivity contribution is 6.30. The molecular formula is C12H12ClN3. The van der Waals surface area contributed by atoms with Crippen LogP contribution in [0.25, 0.3) is 0 Å². The van der Waals surface area contributed by atoms with Crippen LogP contribution in [0.2, 0.25) is 5.02 Å². The summed E-state index contributed by atoms with van der Waals surface area (Å²) in [5.41, 5.74) is 6.81. The van der Waals surface area contributed by atoms with Crippen molar-refractivity contribution in [1.82, 2.24) is 9.97 Å². The molecule has 4 heteroatoms. The molecule has 16 heavy (non-hydrogen) atoms. The minimum atomic E-state index is -0.0000926. The lowest BCUT2D eigenvalue weighted by molar-refractivity contribution is 0.749. The normalized spacial score (nSPS) is 12.4. The predicted molar refractivity (Wildman–Crippen MR) is 64.4 cm³/mol. The number of rotatable bonds is 3. The van der Waals surface area contributed by atoms with Gasteiger partial charge in [-0.2, -0.15) is 0 Å². The summed E-state index contributed by atoms with van der Waals surface area (Å²) in [5.74, 6) is 0.729. The van der Waals surface area contributed by atoms with Crippen molar-refractivity contribution in [3.8, 4) is 0 Å². The molecule has 0 aliphatic heterocycles. The Morgan fingerprint density at radius 2 is 1.94 bits per heavy atom. The van der Waals surface area contributed by atoms with E-state index in [4.69, 9.17) is 17.3 Å². The first-order valence-corrected chi connectivity index (χ1v) is 5.41. The Hall–Kier alpha value is -1.45. The van der Waals surface area contributed by atoms with E-state index in [0.717, 1.165) is 11.4 Å². The number of halogens is 1. The molecule has 0 saturated carbocycles. The second kappa shape index (κ2) is 5.05. The van der Waals surface area contributed by atoms with Crippen LogP contribution in [0.3, 0.4) is 0 Å². The zero-order valence-corrected chi connectivity index (χ0v) is 9.43. The van der Waals surface area contributed by atoms with Gasteiger partial charge in [-0.1, -0.05) is 23.7 Å². The number of nitrogens with two attached hydrogens (primary N) is 1. The summed E-state index contributed by atoms with van der Waals surface area (Å²) >= 11 is 5.95. The van der Waals surface area contributed by atoms with Crippen molar-refractivity contribution < 1.29 is 0 Å². The van der Waals surface area contributed by atoms with E-state index in [9.17, 15) is 0 Å². The van der Waals surface area contributed by atoms with Gasteiger partial charge in [-0.15, -0.1) is 0 Å². The van der Waals surface area contributed by atoms with Crippen LogP contribution in [-0.4, -0.2) is 16.5 Å². The molecule has 1 unspecified atom stereocenters.